The van der Waals surface area contributed by atoms with Gasteiger partial charge in [0.15, 0.2) is 5.82 Å². The number of anilines is 1. The van der Waals surface area contributed by atoms with E-state index in [0.717, 1.165) is 5.75 Å². The molecule has 1 atom stereocenters. The van der Waals surface area contributed by atoms with Crippen molar-refractivity contribution in [1.29, 1.82) is 0 Å². The fraction of sp³-hybridized carbons (Fsp3) is 0.700. The molecule has 0 fully saturated rings. The van der Waals surface area contributed by atoms with Crippen molar-refractivity contribution in [2.24, 2.45) is 5.92 Å². The van der Waals surface area contributed by atoms with Crippen LogP contribution in [0.5, 0.6) is 0 Å². The van der Waals surface area contributed by atoms with Crippen LogP contribution in [0.3, 0.4) is 0 Å². The lowest BCUT2D eigenvalue weighted by molar-refractivity contribution is 0.562. The summed E-state index contributed by atoms with van der Waals surface area (Å²) >= 11 is 1.69. The molecule has 0 amide bonds. The van der Waals surface area contributed by atoms with E-state index in [-0.39, 0.29) is 16.6 Å². The van der Waals surface area contributed by atoms with E-state index in [0.29, 0.717) is 13.1 Å². The highest BCUT2D eigenvalue weighted by molar-refractivity contribution is 7.98. The van der Waals surface area contributed by atoms with Gasteiger partial charge in [-0.1, -0.05) is 6.92 Å². The van der Waals surface area contributed by atoms with Crippen molar-refractivity contribution in [2.75, 3.05) is 24.3 Å². The van der Waals surface area contributed by atoms with E-state index < -0.39 is 10.0 Å². The van der Waals surface area contributed by atoms with Crippen LogP contribution in [-0.4, -0.2) is 36.8 Å². The number of rotatable bonds is 7. The molecule has 18 heavy (non-hydrogen) atoms. The molecule has 1 unspecified atom stereocenters. The Morgan fingerprint density at radius 1 is 1.61 bits per heavy atom. The second kappa shape index (κ2) is 6.44. The van der Waals surface area contributed by atoms with E-state index in [1.807, 2.05) is 20.1 Å². The first-order valence-corrected chi connectivity index (χ1v) is 8.60. The van der Waals surface area contributed by atoms with Crippen molar-refractivity contribution >= 4 is 27.6 Å². The molecule has 0 aliphatic rings. The van der Waals surface area contributed by atoms with Crippen LogP contribution in [0.15, 0.2) is 11.1 Å². The summed E-state index contributed by atoms with van der Waals surface area (Å²) in [5.41, 5.74) is 5.61. The van der Waals surface area contributed by atoms with Crippen LogP contribution < -0.4 is 10.5 Å². The van der Waals surface area contributed by atoms with Crippen molar-refractivity contribution in [3.8, 4) is 0 Å². The Balaban J connectivity index is 2.76. The standard InChI is InChI=1S/C10H20N4O2S2/c1-4-14-6-9(10(11)13-14)18(15,16)12-5-8(2)7-17-3/h6,8,12H,4-5,7H2,1-3H3,(H2,11,13). The van der Waals surface area contributed by atoms with Crippen molar-refractivity contribution in [3.05, 3.63) is 6.20 Å². The monoisotopic (exact) mass is 292 g/mol. The van der Waals surface area contributed by atoms with E-state index in [2.05, 4.69) is 9.82 Å². The van der Waals surface area contributed by atoms with Gasteiger partial charge in [-0.3, -0.25) is 4.68 Å². The number of hydrogen-bond donors (Lipinski definition) is 2. The van der Waals surface area contributed by atoms with Crippen LogP contribution in [0.1, 0.15) is 13.8 Å². The molecule has 8 heteroatoms. The number of nitrogens with two attached hydrogens (primary N) is 1. The molecule has 0 spiro atoms. The molecule has 0 saturated carbocycles. The zero-order valence-corrected chi connectivity index (χ0v) is 12.5. The first kappa shape index (κ1) is 15.3. The van der Waals surface area contributed by atoms with Crippen molar-refractivity contribution in [3.63, 3.8) is 0 Å². The van der Waals surface area contributed by atoms with Crippen LogP contribution in [0.4, 0.5) is 5.82 Å². The first-order chi connectivity index (χ1) is 8.40. The largest absolute Gasteiger partial charge is 0.381 e. The molecule has 1 aromatic heterocycles. The normalized spacial score (nSPS) is 13.7. The van der Waals surface area contributed by atoms with Gasteiger partial charge in [-0.15, -0.1) is 0 Å². The first-order valence-electron chi connectivity index (χ1n) is 5.72. The van der Waals surface area contributed by atoms with Gasteiger partial charge >= 0.3 is 0 Å². The SMILES string of the molecule is CCn1cc(S(=O)(=O)NCC(C)CSC)c(N)n1. The Labute approximate surface area is 112 Å². The average molecular weight is 292 g/mol. The van der Waals surface area contributed by atoms with Gasteiger partial charge in [0.25, 0.3) is 0 Å². The Morgan fingerprint density at radius 2 is 2.28 bits per heavy atom. The topological polar surface area (TPSA) is 90.0 Å². The molecule has 0 saturated heterocycles. The lowest BCUT2D eigenvalue weighted by atomic mass is 10.2. The molecule has 1 heterocycles. The molecule has 3 N–H and O–H groups in total. The number of thioether (sulfide) groups is 1. The Bertz CT molecular complexity index is 484. The van der Waals surface area contributed by atoms with Crippen LogP contribution in [-0.2, 0) is 16.6 Å². The number of nitrogens with zero attached hydrogens (tertiary/aromatic N) is 2. The van der Waals surface area contributed by atoms with E-state index in [9.17, 15) is 8.42 Å². The average Bonchev–Trinajstić information content (AvgIpc) is 2.69. The number of aryl methyl sites for hydroxylation is 1. The Kier molecular flexibility index (Phi) is 5.48. The van der Waals surface area contributed by atoms with Gasteiger partial charge in [0.2, 0.25) is 10.0 Å². The van der Waals surface area contributed by atoms with Gasteiger partial charge < -0.3 is 5.73 Å². The molecule has 1 aromatic rings. The molecule has 0 aromatic carbocycles. The third kappa shape index (κ3) is 3.89. The Hall–Kier alpha value is -0.730. The summed E-state index contributed by atoms with van der Waals surface area (Å²) in [5, 5.41) is 3.93. The maximum Gasteiger partial charge on any atom is 0.245 e. The molecular weight excluding hydrogens is 272 g/mol. The number of nitrogens with one attached hydrogen (secondary N) is 1. The predicted octanol–water partition coefficient (Wildman–Crippen LogP) is 0.763. The van der Waals surface area contributed by atoms with E-state index >= 15 is 0 Å². The van der Waals surface area contributed by atoms with Crippen LogP contribution in [0.25, 0.3) is 0 Å². The molecule has 0 bridgehead atoms. The van der Waals surface area contributed by atoms with Crippen molar-refractivity contribution < 1.29 is 8.42 Å². The van der Waals surface area contributed by atoms with Crippen LogP contribution in [0, 0.1) is 5.92 Å². The zero-order chi connectivity index (χ0) is 13.8. The fourth-order valence-electron chi connectivity index (χ4n) is 1.46. The minimum atomic E-state index is -3.56. The van der Waals surface area contributed by atoms with Gasteiger partial charge in [0.05, 0.1) is 0 Å². The third-order valence-electron chi connectivity index (χ3n) is 2.44. The summed E-state index contributed by atoms with van der Waals surface area (Å²) in [5.74, 6) is 1.23. The van der Waals surface area contributed by atoms with Crippen molar-refractivity contribution in [1.82, 2.24) is 14.5 Å². The maximum atomic E-state index is 12.0. The summed E-state index contributed by atoms with van der Waals surface area (Å²) in [6, 6.07) is 0. The quantitative estimate of drug-likeness (QED) is 0.774. The van der Waals surface area contributed by atoms with Crippen LogP contribution in [0.2, 0.25) is 0 Å². The van der Waals surface area contributed by atoms with Crippen molar-refractivity contribution in [2.45, 2.75) is 25.3 Å². The molecular formula is C10H20N4O2S2. The van der Waals surface area contributed by atoms with E-state index in [1.54, 1.807) is 11.8 Å². The second-order valence-electron chi connectivity index (χ2n) is 4.15. The Morgan fingerprint density at radius 3 is 2.78 bits per heavy atom. The summed E-state index contributed by atoms with van der Waals surface area (Å²) in [4.78, 5) is 0.0562. The molecule has 0 radical (unpaired) electrons. The number of sulfonamides is 1. The zero-order valence-electron chi connectivity index (χ0n) is 10.9. The smallest absolute Gasteiger partial charge is 0.245 e. The van der Waals surface area contributed by atoms with Gasteiger partial charge in [-0.25, -0.2) is 13.1 Å². The van der Waals surface area contributed by atoms with E-state index in [4.69, 9.17) is 5.73 Å². The highest BCUT2D eigenvalue weighted by atomic mass is 32.2. The minimum absolute atomic E-state index is 0.0434. The predicted molar refractivity (Wildman–Crippen MR) is 75.0 cm³/mol. The molecule has 104 valence electrons. The fourth-order valence-corrected chi connectivity index (χ4v) is 3.38. The second-order valence-corrected chi connectivity index (χ2v) is 6.79. The lowest BCUT2D eigenvalue weighted by Gasteiger charge is -2.10. The molecule has 0 aliphatic heterocycles. The summed E-state index contributed by atoms with van der Waals surface area (Å²) in [6.45, 7) is 4.86. The van der Waals surface area contributed by atoms with Gasteiger partial charge in [0.1, 0.15) is 4.90 Å². The summed E-state index contributed by atoms with van der Waals surface area (Å²) in [6.07, 6.45) is 3.45. The number of aromatic nitrogens is 2. The molecule has 6 nitrogen and oxygen atoms in total. The summed E-state index contributed by atoms with van der Waals surface area (Å²) in [7, 11) is -3.56. The highest BCUT2D eigenvalue weighted by Gasteiger charge is 2.21. The maximum absolute atomic E-state index is 12.0. The third-order valence-corrected chi connectivity index (χ3v) is 4.78. The number of nitrogen functional groups attached to an aromatic ring is 1. The molecule has 1 rings (SSSR count). The lowest BCUT2D eigenvalue weighted by Crippen LogP contribution is -2.29. The van der Waals surface area contributed by atoms with E-state index in [1.165, 1.54) is 10.9 Å². The minimum Gasteiger partial charge on any atom is -0.381 e. The number of hydrogen-bond acceptors (Lipinski definition) is 5. The highest BCUT2D eigenvalue weighted by Crippen LogP contribution is 2.16. The summed E-state index contributed by atoms with van der Waals surface area (Å²) < 4.78 is 28.2. The van der Waals surface area contributed by atoms with Gasteiger partial charge in [0, 0.05) is 19.3 Å². The molecule has 0 aliphatic carbocycles. The van der Waals surface area contributed by atoms with Gasteiger partial charge in [-0.05, 0) is 24.9 Å². The van der Waals surface area contributed by atoms with Crippen LogP contribution >= 0.6 is 11.8 Å². The van der Waals surface area contributed by atoms with Gasteiger partial charge in [-0.2, -0.15) is 16.9 Å².